The molecule has 1 aromatic rings. The summed E-state index contributed by atoms with van der Waals surface area (Å²) in [6, 6.07) is 9.81. The topological polar surface area (TPSA) is 41.1 Å². The Hall–Kier alpha value is -1.35. The average Bonchev–Trinajstić information content (AvgIpc) is 2.19. The van der Waals surface area contributed by atoms with Gasteiger partial charge in [-0.3, -0.25) is 4.79 Å². The summed E-state index contributed by atoms with van der Waals surface area (Å²) in [5, 5.41) is 6.15. The molecule has 0 aliphatic carbocycles. The lowest BCUT2D eigenvalue weighted by Crippen LogP contribution is -2.52. The number of rotatable bonds is 1. The van der Waals surface area contributed by atoms with Gasteiger partial charge in [-0.15, -0.1) is 0 Å². The Morgan fingerprint density at radius 1 is 1.29 bits per heavy atom. The molecule has 1 aliphatic rings. The molecule has 1 aliphatic heterocycles. The molecule has 3 nitrogen and oxygen atoms in total. The fourth-order valence-electron chi connectivity index (χ4n) is 1.68. The Morgan fingerprint density at radius 2 is 2.00 bits per heavy atom. The predicted octanol–water partition coefficient (Wildman–Crippen LogP) is 0.836. The van der Waals surface area contributed by atoms with Crippen LogP contribution >= 0.6 is 0 Å². The van der Waals surface area contributed by atoms with E-state index in [1.165, 1.54) is 0 Å². The maximum Gasteiger partial charge on any atom is 0.241 e. The highest BCUT2D eigenvalue weighted by Gasteiger charge is 2.25. The van der Waals surface area contributed by atoms with Crippen LogP contribution in [-0.4, -0.2) is 18.5 Å². The van der Waals surface area contributed by atoms with Gasteiger partial charge in [0.25, 0.3) is 0 Å². The van der Waals surface area contributed by atoms with Crippen LogP contribution < -0.4 is 10.6 Å². The van der Waals surface area contributed by atoms with Crippen LogP contribution in [0.15, 0.2) is 30.3 Å². The molecule has 1 saturated heterocycles. The summed E-state index contributed by atoms with van der Waals surface area (Å²) in [6.45, 7) is 2.82. The standard InChI is InChI=1S/C11H14N2O/c1-8-7-12-10(11(14)13-8)9-5-3-2-4-6-9/h2-6,8,10,12H,7H2,1H3,(H,13,14)/t8-,10+/m0/s1. The Morgan fingerprint density at radius 3 is 2.64 bits per heavy atom. The Labute approximate surface area is 83.5 Å². The van der Waals surface area contributed by atoms with E-state index in [4.69, 9.17) is 0 Å². The van der Waals surface area contributed by atoms with Crippen LogP contribution in [0.3, 0.4) is 0 Å². The normalized spacial score (nSPS) is 27.1. The van der Waals surface area contributed by atoms with Crippen LogP contribution in [-0.2, 0) is 4.79 Å². The van der Waals surface area contributed by atoms with Crippen molar-refractivity contribution in [3.8, 4) is 0 Å². The molecule has 1 amide bonds. The van der Waals surface area contributed by atoms with Crippen molar-refractivity contribution < 1.29 is 4.79 Å². The molecule has 3 heteroatoms. The third-order valence-electron chi connectivity index (χ3n) is 2.41. The van der Waals surface area contributed by atoms with Crippen molar-refractivity contribution in [2.24, 2.45) is 0 Å². The summed E-state index contributed by atoms with van der Waals surface area (Å²) in [5.74, 6) is 0.0648. The maximum atomic E-state index is 11.6. The van der Waals surface area contributed by atoms with Crippen molar-refractivity contribution in [2.45, 2.75) is 19.0 Å². The van der Waals surface area contributed by atoms with Gasteiger partial charge in [0.2, 0.25) is 5.91 Å². The first-order chi connectivity index (χ1) is 6.77. The highest BCUT2D eigenvalue weighted by Crippen LogP contribution is 2.14. The maximum absolute atomic E-state index is 11.6. The number of hydrogen-bond donors (Lipinski definition) is 2. The lowest BCUT2D eigenvalue weighted by atomic mass is 10.0. The SMILES string of the molecule is C[C@H]1CN[C@H](c2ccccc2)C(=O)N1. The van der Waals surface area contributed by atoms with Crippen molar-refractivity contribution >= 4 is 5.91 Å². The molecular formula is C11H14N2O. The van der Waals surface area contributed by atoms with Crippen molar-refractivity contribution in [3.63, 3.8) is 0 Å². The first kappa shape index (κ1) is 9.21. The van der Waals surface area contributed by atoms with Crippen LogP contribution in [0.25, 0.3) is 0 Å². The van der Waals surface area contributed by atoms with Gasteiger partial charge in [0.1, 0.15) is 6.04 Å². The molecule has 0 spiro atoms. The molecule has 0 aromatic heterocycles. The van der Waals surface area contributed by atoms with Crippen LogP contribution in [0.1, 0.15) is 18.5 Å². The number of carbonyl (C=O) groups is 1. The summed E-state index contributed by atoms with van der Waals surface area (Å²) in [5.41, 5.74) is 1.02. The molecule has 14 heavy (non-hydrogen) atoms. The van der Waals surface area contributed by atoms with Gasteiger partial charge in [-0.2, -0.15) is 0 Å². The second-order valence-corrected chi connectivity index (χ2v) is 3.66. The van der Waals surface area contributed by atoms with Crippen LogP contribution in [0.4, 0.5) is 0 Å². The minimum absolute atomic E-state index is 0.0648. The third kappa shape index (κ3) is 1.77. The van der Waals surface area contributed by atoms with E-state index in [-0.39, 0.29) is 18.0 Å². The number of nitrogens with one attached hydrogen (secondary N) is 2. The summed E-state index contributed by atoms with van der Waals surface area (Å²) in [4.78, 5) is 11.6. The van der Waals surface area contributed by atoms with Gasteiger partial charge in [0, 0.05) is 12.6 Å². The smallest absolute Gasteiger partial charge is 0.241 e. The Balaban J connectivity index is 2.16. The van der Waals surface area contributed by atoms with E-state index in [0.717, 1.165) is 12.1 Å². The van der Waals surface area contributed by atoms with E-state index in [0.29, 0.717) is 0 Å². The second-order valence-electron chi connectivity index (χ2n) is 3.66. The van der Waals surface area contributed by atoms with Gasteiger partial charge in [-0.25, -0.2) is 0 Å². The highest BCUT2D eigenvalue weighted by molar-refractivity contribution is 5.84. The van der Waals surface area contributed by atoms with Crippen LogP contribution in [0.5, 0.6) is 0 Å². The number of carbonyl (C=O) groups excluding carboxylic acids is 1. The van der Waals surface area contributed by atoms with Crippen molar-refractivity contribution in [1.82, 2.24) is 10.6 Å². The average molecular weight is 190 g/mol. The highest BCUT2D eigenvalue weighted by atomic mass is 16.2. The molecule has 0 radical (unpaired) electrons. The molecular weight excluding hydrogens is 176 g/mol. The minimum Gasteiger partial charge on any atom is -0.351 e. The van der Waals surface area contributed by atoms with E-state index >= 15 is 0 Å². The zero-order valence-electron chi connectivity index (χ0n) is 8.16. The lowest BCUT2D eigenvalue weighted by molar-refractivity contribution is -0.125. The van der Waals surface area contributed by atoms with E-state index in [1.54, 1.807) is 0 Å². The van der Waals surface area contributed by atoms with Gasteiger partial charge < -0.3 is 10.6 Å². The van der Waals surface area contributed by atoms with E-state index < -0.39 is 0 Å². The first-order valence-electron chi connectivity index (χ1n) is 4.86. The van der Waals surface area contributed by atoms with Gasteiger partial charge in [0.05, 0.1) is 0 Å². The molecule has 0 unspecified atom stereocenters. The monoisotopic (exact) mass is 190 g/mol. The largest absolute Gasteiger partial charge is 0.351 e. The zero-order chi connectivity index (χ0) is 9.97. The third-order valence-corrected chi connectivity index (χ3v) is 2.41. The Kier molecular flexibility index (Phi) is 2.50. The number of benzene rings is 1. The van der Waals surface area contributed by atoms with Gasteiger partial charge in [0.15, 0.2) is 0 Å². The molecule has 74 valence electrons. The molecule has 1 heterocycles. The summed E-state index contributed by atoms with van der Waals surface area (Å²) in [6.07, 6.45) is 0. The number of piperazine rings is 1. The second kappa shape index (κ2) is 3.80. The summed E-state index contributed by atoms with van der Waals surface area (Å²) in [7, 11) is 0. The molecule has 2 rings (SSSR count). The molecule has 0 saturated carbocycles. The fourth-order valence-corrected chi connectivity index (χ4v) is 1.68. The van der Waals surface area contributed by atoms with Crippen LogP contribution in [0.2, 0.25) is 0 Å². The Bertz CT molecular complexity index is 323. The summed E-state index contributed by atoms with van der Waals surface area (Å²) >= 11 is 0. The fraction of sp³-hybridized carbons (Fsp3) is 0.364. The van der Waals surface area contributed by atoms with E-state index in [9.17, 15) is 4.79 Å². The van der Waals surface area contributed by atoms with E-state index in [1.807, 2.05) is 37.3 Å². The van der Waals surface area contributed by atoms with E-state index in [2.05, 4.69) is 10.6 Å². The van der Waals surface area contributed by atoms with Crippen molar-refractivity contribution in [3.05, 3.63) is 35.9 Å². The van der Waals surface area contributed by atoms with Gasteiger partial charge in [-0.05, 0) is 12.5 Å². The van der Waals surface area contributed by atoms with Crippen molar-refractivity contribution in [1.29, 1.82) is 0 Å². The summed E-state index contributed by atoms with van der Waals surface area (Å²) < 4.78 is 0. The molecule has 2 N–H and O–H groups in total. The zero-order valence-corrected chi connectivity index (χ0v) is 8.16. The molecule has 2 atom stereocenters. The number of hydrogen-bond acceptors (Lipinski definition) is 2. The quantitative estimate of drug-likeness (QED) is 0.689. The number of amides is 1. The van der Waals surface area contributed by atoms with Gasteiger partial charge in [-0.1, -0.05) is 30.3 Å². The first-order valence-corrected chi connectivity index (χ1v) is 4.86. The molecule has 0 bridgehead atoms. The van der Waals surface area contributed by atoms with Crippen molar-refractivity contribution in [2.75, 3.05) is 6.54 Å². The minimum atomic E-state index is -0.188. The predicted molar refractivity (Wildman–Crippen MR) is 54.8 cm³/mol. The molecule has 1 aromatic carbocycles. The van der Waals surface area contributed by atoms with Gasteiger partial charge >= 0.3 is 0 Å². The lowest BCUT2D eigenvalue weighted by Gasteiger charge is -2.28. The molecule has 1 fully saturated rings. The van der Waals surface area contributed by atoms with Crippen LogP contribution in [0, 0.1) is 0 Å².